The Morgan fingerprint density at radius 2 is 1.61 bits per heavy atom. The smallest absolute Gasteiger partial charge is 0.158 e. The first-order chi connectivity index (χ1) is 13.3. The van der Waals surface area contributed by atoms with Gasteiger partial charge in [-0.2, -0.15) is 0 Å². The van der Waals surface area contributed by atoms with E-state index in [9.17, 15) is 0 Å². The van der Waals surface area contributed by atoms with Gasteiger partial charge in [0.15, 0.2) is 12.6 Å². The highest BCUT2D eigenvalue weighted by Gasteiger charge is 2.35. The highest BCUT2D eigenvalue weighted by atomic mass is 16.7. The molecule has 0 aromatic rings. The molecule has 0 saturated carbocycles. The molecule has 5 nitrogen and oxygen atoms in total. The van der Waals surface area contributed by atoms with Crippen LogP contribution in [0.3, 0.4) is 0 Å². The average Bonchev–Trinajstić information content (AvgIpc) is 3.08. The zero-order valence-electron chi connectivity index (χ0n) is 18.1. The fourth-order valence-electron chi connectivity index (χ4n) is 4.34. The average molecular weight is 394 g/mol. The van der Waals surface area contributed by atoms with Crippen molar-refractivity contribution in [2.24, 2.45) is 5.41 Å². The van der Waals surface area contributed by atoms with Crippen LogP contribution in [0.2, 0.25) is 0 Å². The summed E-state index contributed by atoms with van der Waals surface area (Å²) in [5.74, 6) is 0. The molecular formula is C22H39BO5. The molecule has 5 unspecified atom stereocenters. The van der Waals surface area contributed by atoms with E-state index >= 15 is 0 Å². The Bertz CT molecular complexity index is 460. The Morgan fingerprint density at radius 1 is 0.786 bits per heavy atom. The van der Waals surface area contributed by atoms with Gasteiger partial charge in [0.2, 0.25) is 0 Å². The third-order valence-electron chi connectivity index (χ3n) is 6.21. The highest BCUT2D eigenvalue weighted by Crippen LogP contribution is 2.32. The van der Waals surface area contributed by atoms with E-state index in [1.54, 1.807) is 0 Å². The van der Waals surface area contributed by atoms with Crippen LogP contribution < -0.4 is 0 Å². The topological polar surface area (TPSA) is 46.2 Å². The maximum absolute atomic E-state index is 6.57. The maximum atomic E-state index is 6.57. The first-order valence-corrected chi connectivity index (χ1v) is 11.3. The molecule has 3 fully saturated rings. The largest absolute Gasteiger partial charge is 0.378 e. The lowest BCUT2D eigenvalue weighted by atomic mass is 9.75. The van der Waals surface area contributed by atoms with Crippen molar-refractivity contribution >= 4 is 7.85 Å². The molecular weight excluding hydrogens is 355 g/mol. The van der Waals surface area contributed by atoms with Crippen LogP contribution in [0.1, 0.15) is 85.0 Å². The van der Waals surface area contributed by atoms with Gasteiger partial charge in [-0.05, 0) is 56.8 Å². The van der Waals surface area contributed by atoms with E-state index in [0.29, 0.717) is 19.1 Å². The Balaban J connectivity index is 1.45. The number of hydrogen-bond donors (Lipinski definition) is 0. The van der Waals surface area contributed by atoms with Gasteiger partial charge < -0.3 is 23.7 Å². The highest BCUT2D eigenvalue weighted by molar-refractivity contribution is 6.14. The molecule has 0 spiro atoms. The Labute approximate surface area is 172 Å². The summed E-state index contributed by atoms with van der Waals surface area (Å²) in [4.78, 5) is 0. The van der Waals surface area contributed by atoms with Crippen LogP contribution in [0.4, 0.5) is 0 Å². The van der Waals surface area contributed by atoms with E-state index in [4.69, 9.17) is 31.5 Å². The summed E-state index contributed by atoms with van der Waals surface area (Å²) in [5.41, 5.74) is -0.513. The molecule has 160 valence electrons. The van der Waals surface area contributed by atoms with E-state index in [2.05, 4.69) is 20.8 Å². The van der Waals surface area contributed by atoms with Gasteiger partial charge in [0.1, 0.15) is 7.85 Å². The molecule has 0 aromatic carbocycles. The van der Waals surface area contributed by atoms with Crippen molar-refractivity contribution in [3.8, 4) is 0 Å². The lowest BCUT2D eigenvalue weighted by Crippen LogP contribution is -2.38. The second-order valence-electron chi connectivity index (χ2n) is 9.77. The van der Waals surface area contributed by atoms with Crippen LogP contribution in [0.15, 0.2) is 0 Å². The van der Waals surface area contributed by atoms with Gasteiger partial charge in [0.05, 0.1) is 18.8 Å². The number of rotatable bonds is 4. The molecule has 3 aliphatic heterocycles. The number of hydrogen-bond acceptors (Lipinski definition) is 5. The van der Waals surface area contributed by atoms with Gasteiger partial charge in [0, 0.05) is 25.1 Å². The Kier molecular flexibility index (Phi) is 8.26. The predicted molar refractivity (Wildman–Crippen MR) is 109 cm³/mol. The summed E-state index contributed by atoms with van der Waals surface area (Å²) in [7, 11) is 6.57. The molecule has 0 bridgehead atoms. The van der Waals surface area contributed by atoms with Crippen molar-refractivity contribution in [1.82, 2.24) is 0 Å². The zero-order valence-corrected chi connectivity index (χ0v) is 18.1. The molecule has 2 radical (unpaired) electrons. The minimum absolute atomic E-state index is 0.171. The van der Waals surface area contributed by atoms with Gasteiger partial charge in [-0.3, -0.25) is 0 Å². The van der Waals surface area contributed by atoms with Gasteiger partial charge in [-0.25, -0.2) is 0 Å². The van der Waals surface area contributed by atoms with E-state index < -0.39 is 5.50 Å². The van der Waals surface area contributed by atoms with Crippen molar-refractivity contribution in [3.63, 3.8) is 0 Å². The standard InChI is InChI=1S/C22H39BO5/c1-21(2,3)18-9-8-17(11-15-24-18)27-19-10-12-22(23,13-16-26-19)28-20-7-5-4-6-14-25-20/h17-20H,4-16H2,1-3H3. The first-order valence-electron chi connectivity index (χ1n) is 11.3. The molecule has 3 rings (SSSR count). The van der Waals surface area contributed by atoms with Crippen LogP contribution in [-0.4, -0.2) is 58.0 Å². The number of ether oxygens (including phenoxy) is 5. The first kappa shape index (κ1) is 22.5. The third-order valence-corrected chi connectivity index (χ3v) is 6.21. The van der Waals surface area contributed by atoms with Crippen LogP contribution in [-0.2, 0) is 23.7 Å². The molecule has 0 amide bonds. The van der Waals surface area contributed by atoms with Crippen molar-refractivity contribution in [2.45, 2.75) is 115 Å². The summed E-state index contributed by atoms with van der Waals surface area (Å²) in [6.45, 7) is 8.80. The fourth-order valence-corrected chi connectivity index (χ4v) is 4.34. The molecule has 6 heteroatoms. The summed E-state index contributed by atoms with van der Waals surface area (Å²) < 4.78 is 30.4. The van der Waals surface area contributed by atoms with Gasteiger partial charge in [-0.1, -0.05) is 27.2 Å². The second kappa shape index (κ2) is 10.3. The lowest BCUT2D eigenvalue weighted by Gasteiger charge is -2.33. The fraction of sp³-hybridized carbons (Fsp3) is 1.00. The summed E-state index contributed by atoms with van der Waals surface area (Å²) >= 11 is 0. The summed E-state index contributed by atoms with van der Waals surface area (Å²) in [6, 6.07) is 0. The van der Waals surface area contributed by atoms with Crippen molar-refractivity contribution in [2.75, 3.05) is 19.8 Å². The minimum Gasteiger partial charge on any atom is -0.378 e. The molecule has 0 N–H and O–H groups in total. The monoisotopic (exact) mass is 394 g/mol. The molecule has 0 aromatic heterocycles. The zero-order chi connectivity index (χ0) is 20.0. The van der Waals surface area contributed by atoms with Crippen molar-refractivity contribution in [3.05, 3.63) is 0 Å². The second-order valence-corrected chi connectivity index (χ2v) is 9.77. The molecule has 3 aliphatic rings. The van der Waals surface area contributed by atoms with Gasteiger partial charge >= 0.3 is 0 Å². The van der Waals surface area contributed by atoms with E-state index in [-0.39, 0.29) is 24.1 Å². The summed E-state index contributed by atoms with van der Waals surface area (Å²) in [5, 5.41) is 0. The van der Waals surface area contributed by atoms with Crippen LogP contribution in [0.25, 0.3) is 0 Å². The van der Waals surface area contributed by atoms with E-state index in [1.807, 2.05) is 0 Å². The van der Waals surface area contributed by atoms with Gasteiger partial charge in [-0.15, -0.1) is 0 Å². The molecule has 0 aliphatic carbocycles. The Morgan fingerprint density at radius 3 is 2.43 bits per heavy atom. The third kappa shape index (κ3) is 6.98. The van der Waals surface area contributed by atoms with Crippen molar-refractivity contribution < 1.29 is 23.7 Å². The molecule has 28 heavy (non-hydrogen) atoms. The SMILES string of the molecule is [B]C1(OC2CCCCCO2)CCOC(OC2CCOC(C(C)(C)C)CC2)CC1. The van der Waals surface area contributed by atoms with E-state index in [1.165, 1.54) is 6.42 Å². The van der Waals surface area contributed by atoms with E-state index in [0.717, 1.165) is 64.6 Å². The molecule has 5 atom stereocenters. The maximum Gasteiger partial charge on any atom is 0.158 e. The lowest BCUT2D eigenvalue weighted by molar-refractivity contribution is -0.186. The molecule has 3 saturated heterocycles. The van der Waals surface area contributed by atoms with Crippen molar-refractivity contribution in [1.29, 1.82) is 0 Å². The normalized spacial score (nSPS) is 39.0. The quantitative estimate of drug-likeness (QED) is 0.665. The van der Waals surface area contributed by atoms with Crippen LogP contribution >= 0.6 is 0 Å². The summed E-state index contributed by atoms with van der Waals surface area (Å²) in [6.07, 6.45) is 9.60. The Hall–Kier alpha value is -0.135. The minimum atomic E-state index is -0.684. The molecule has 3 heterocycles. The van der Waals surface area contributed by atoms with Crippen LogP contribution in [0, 0.1) is 5.41 Å². The van der Waals surface area contributed by atoms with Gasteiger partial charge in [0.25, 0.3) is 0 Å². The van der Waals surface area contributed by atoms with Crippen LogP contribution in [0.5, 0.6) is 0 Å². The predicted octanol–water partition coefficient (Wildman–Crippen LogP) is 4.31.